The van der Waals surface area contributed by atoms with E-state index in [2.05, 4.69) is 20.5 Å². The van der Waals surface area contributed by atoms with Crippen molar-refractivity contribution in [2.75, 3.05) is 5.32 Å². The van der Waals surface area contributed by atoms with Gasteiger partial charge in [-0.15, -0.1) is 0 Å². The Kier molecular flexibility index (Phi) is 3.53. The fourth-order valence-electron chi connectivity index (χ4n) is 3.10. The Balaban J connectivity index is 1.68. The third kappa shape index (κ3) is 2.67. The Labute approximate surface area is 153 Å². The number of aromatic nitrogens is 4. The standard InChI is InChI=1S/C21H14FN5/c22-16-11-6-10-15-18(16)26-27-21(15)25-20-14-9-4-5-12-17(14)23-19(24-20)13-7-2-1-3-8-13/h1-12H,(H2,23,24,25,26,27). The lowest BCUT2D eigenvalue weighted by molar-refractivity contribution is 0.636. The zero-order chi connectivity index (χ0) is 18.2. The van der Waals surface area contributed by atoms with Gasteiger partial charge in [0.25, 0.3) is 0 Å². The summed E-state index contributed by atoms with van der Waals surface area (Å²) in [6.45, 7) is 0. The number of benzene rings is 3. The first-order chi connectivity index (χ1) is 13.3. The van der Waals surface area contributed by atoms with Gasteiger partial charge in [-0.1, -0.05) is 48.5 Å². The van der Waals surface area contributed by atoms with Gasteiger partial charge in [0.05, 0.1) is 5.52 Å². The summed E-state index contributed by atoms with van der Waals surface area (Å²) in [7, 11) is 0. The average molecular weight is 355 g/mol. The number of para-hydroxylation sites is 2. The summed E-state index contributed by atoms with van der Waals surface area (Å²) in [5, 5.41) is 11.7. The molecule has 0 aliphatic rings. The molecule has 130 valence electrons. The molecule has 0 bridgehead atoms. The van der Waals surface area contributed by atoms with Gasteiger partial charge in [-0.3, -0.25) is 5.10 Å². The van der Waals surface area contributed by atoms with Crippen molar-refractivity contribution in [2.45, 2.75) is 0 Å². The van der Waals surface area contributed by atoms with Crippen LogP contribution in [0.4, 0.5) is 16.0 Å². The summed E-state index contributed by atoms with van der Waals surface area (Å²) < 4.78 is 14.0. The summed E-state index contributed by atoms with van der Waals surface area (Å²) in [5.41, 5.74) is 2.10. The van der Waals surface area contributed by atoms with Crippen LogP contribution in [0, 0.1) is 5.82 Å². The molecule has 2 N–H and O–H groups in total. The maximum absolute atomic E-state index is 14.0. The van der Waals surface area contributed by atoms with Crippen LogP contribution in [0.3, 0.4) is 0 Å². The van der Waals surface area contributed by atoms with Crippen LogP contribution >= 0.6 is 0 Å². The van der Waals surface area contributed by atoms with Gasteiger partial charge in [-0.25, -0.2) is 14.4 Å². The van der Waals surface area contributed by atoms with Gasteiger partial charge in [-0.05, 0) is 24.3 Å². The molecule has 0 spiro atoms. The van der Waals surface area contributed by atoms with Crippen LogP contribution in [0.1, 0.15) is 0 Å². The Morgan fingerprint density at radius 3 is 2.41 bits per heavy atom. The van der Waals surface area contributed by atoms with Crippen molar-refractivity contribution in [1.29, 1.82) is 0 Å². The van der Waals surface area contributed by atoms with Crippen molar-refractivity contribution < 1.29 is 4.39 Å². The molecule has 0 aliphatic heterocycles. The highest BCUT2D eigenvalue weighted by atomic mass is 19.1. The summed E-state index contributed by atoms with van der Waals surface area (Å²) >= 11 is 0. The molecule has 0 saturated carbocycles. The molecule has 2 aromatic heterocycles. The predicted octanol–water partition coefficient (Wildman–Crippen LogP) is 5.06. The van der Waals surface area contributed by atoms with Gasteiger partial charge in [0.15, 0.2) is 11.6 Å². The Bertz CT molecular complexity index is 1260. The predicted molar refractivity (Wildman–Crippen MR) is 104 cm³/mol. The van der Waals surface area contributed by atoms with Gasteiger partial charge >= 0.3 is 0 Å². The van der Waals surface area contributed by atoms with E-state index in [1.165, 1.54) is 6.07 Å². The lowest BCUT2D eigenvalue weighted by atomic mass is 10.2. The molecule has 5 aromatic rings. The number of aromatic amines is 1. The largest absolute Gasteiger partial charge is 0.322 e. The first-order valence-corrected chi connectivity index (χ1v) is 8.51. The minimum Gasteiger partial charge on any atom is -0.322 e. The summed E-state index contributed by atoms with van der Waals surface area (Å²) in [5.74, 6) is 1.41. The number of hydrogen-bond acceptors (Lipinski definition) is 4. The third-order valence-corrected chi connectivity index (χ3v) is 4.42. The van der Waals surface area contributed by atoms with E-state index in [1.54, 1.807) is 6.07 Å². The zero-order valence-corrected chi connectivity index (χ0v) is 14.1. The lowest BCUT2D eigenvalue weighted by Crippen LogP contribution is -2.00. The molecule has 0 fully saturated rings. The minimum atomic E-state index is -0.342. The van der Waals surface area contributed by atoms with Gasteiger partial charge in [0.2, 0.25) is 0 Å². The number of anilines is 2. The molecule has 0 atom stereocenters. The van der Waals surface area contributed by atoms with Crippen LogP contribution in [0.15, 0.2) is 72.8 Å². The number of rotatable bonds is 3. The first-order valence-electron chi connectivity index (χ1n) is 8.51. The number of H-pyrrole nitrogens is 1. The molecule has 2 heterocycles. The molecule has 0 amide bonds. The fraction of sp³-hybridized carbons (Fsp3) is 0. The molecular formula is C21H14FN5. The van der Waals surface area contributed by atoms with Crippen LogP contribution in [-0.2, 0) is 0 Å². The van der Waals surface area contributed by atoms with Gasteiger partial charge in [-0.2, -0.15) is 5.10 Å². The van der Waals surface area contributed by atoms with Crippen LogP contribution in [0.25, 0.3) is 33.2 Å². The highest BCUT2D eigenvalue weighted by molar-refractivity contribution is 5.97. The lowest BCUT2D eigenvalue weighted by Gasteiger charge is -2.10. The van der Waals surface area contributed by atoms with Crippen molar-refractivity contribution in [2.24, 2.45) is 0 Å². The van der Waals surface area contributed by atoms with E-state index in [0.717, 1.165) is 16.5 Å². The first kappa shape index (κ1) is 15.5. The van der Waals surface area contributed by atoms with Crippen LogP contribution < -0.4 is 5.32 Å². The smallest absolute Gasteiger partial charge is 0.162 e. The van der Waals surface area contributed by atoms with E-state index in [9.17, 15) is 4.39 Å². The van der Waals surface area contributed by atoms with Crippen molar-refractivity contribution in [3.8, 4) is 11.4 Å². The van der Waals surface area contributed by atoms with Crippen LogP contribution in [0.2, 0.25) is 0 Å². The van der Waals surface area contributed by atoms with Crippen molar-refractivity contribution in [3.05, 3.63) is 78.6 Å². The molecule has 5 rings (SSSR count). The molecule has 5 nitrogen and oxygen atoms in total. The van der Waals surface area contributed by atoms with Gasteiger partial charge < -0.3 is 5.32 Å². The van der Waals surface area contributed by atoms with E-state index in [0.29, 0.717) is 28.4 Å². The SMILES string of the molecule is Fc1cccc2c(Nc3nc(-c4ccccc4)nc4ccccc34)n[nH]c12. The molecule has 6 heteroatoms. The molecule has 27 heavy (non-hydrogen) atoms. The van der Waals surface area contributed by atoms with Crippen LogP contribution in [0.5, 0.6) is 0 Å². The summed E-state index contributed by atoms with van der Waals surface area (Å²) in [6.07, 6.45) is 0. The Morgan fingerprint density at radius 2 is 1.52 bits per heavy atom. The quantitative estimate of drug-likeness (QED) is 0.475. The second-order valence-electron chi connectivity index (χ2n) is 6.14. The van der Waals surface area contributed by atoms with E-state index < -0.39 is 0 Å². The van der Waals surface area contributed by atoms with E-state index in [1.807, 2.05) is 60.7 Å². The number of fused-ring (bicyclic) bond motifs is 2. The number of halogens is 1. The highest BCUT2D eigenvalue weighted by Gasteiger charge is 2.13. The normalized spacial score (nSPS) is 11.1. The maximum atomic E-state index is 14.0. The van der Waals surface area contributed by atoms with E-state index >= 15 is 0 Å². The monoisotopic (exact) mass is 355 g/mol. The maximum Gasteiger partial charge on any atom is 0.162 e. The van der Waals surface area contributed by atoms with Gasteiger partial charge in [0, 0.05) is 16.3 Å². The molecule has 0 unspecified atom stereocenters. The topological polar surface area (TPSA) is 66.5 Å². The molecule has 3 aromatic carbocycles. The number of nitrogens with one attached hydrogen (secondary N) is 2. The number of nitrogens with zero attached hydrogens (tertiary/aromatic N) is 3. The number of hydrogen-bond donors (Lipinski definition) is 2. The average Bonchev–Trinajstić information content (AvgIpc) is 3.13. The second kappa shape index (κ2) is 6.17. The minimum absolute atomic E-state index is 0.342. The van der Waals surface area contributed by atoms with E-state index in [4.69, 9.17) is 4.98 Å². The highest BCUT2D eigenvalue weighted by Crippen LogP contribution is 2.30. The van der Waals surface area contributed by atoms with Crippen molar-refractivity contribution in [3.63, 3.8) is 0 Å². The zero-order valence-electron chi connectivity index (χ0n) is 14.1. The Hall–Kier alpha value is -3.80. The molecule has 0 radical (unpaired) electrons. The molecule has 0 saturated heterocycles. The van der Waals surface area contributed by atoms with Crippen molar-refractivity contribution >= 4 is 33.4 Å². The molecular weight excluding hydrogens is 341 g/mol. The Morgan fingerprint density at radius 1 is 0.741 bits per heavy atom. The summed E-state index contributed by atoms with van der Waals surface area (Å²) in [4.78, 5) is 9.38. The van der Waals surface area contributed by atoms with Gasteiger partial charge in [0.1, 0.15) is 17.2 Å². The summed E-state index contributed by atoms with van der Waals surface area (Å²) in [6, 6.07) is 22.4. The molecule has 0 aliphatic carbocycles. The second-order valence-corrected chi connectivity index (χ2v) is 6.14. The van der Waals surface area contributed by atoms with Crippen molar-refractivity contribution in [1.82, 2.24) is 20.2 Å². The fourth-order valence-corrected chi connectivity index (χ4v) is 3.10. The third-order valence-electron chi connectivity index (χ3n) is 4.42. The van der Waals surface area contributed by atoms with E-state index in [-0.39, 0.29) is 5.82 Å². The van der Waals surface area contributed by atoms with Crippen LogP contribution in [-0.4, -0.2) is 20.2 Å².